The number of nitrogens with zero attached hydrogens (tertiary/aromatic N) is 2. The molecule has 1 saturated carbocycles. The first-order valence-corrected chi connectivity index (χ1v) is 8.46. The molecule has 1 aromatic carbocycles. The number of carbonyl (C=O) groups excluding carboxylic acids is 1. The second-order valence-corrected chi connectivity index (χ2v) is 6.61. The molecule has 148 valence electrons. The molecule has 1 aromatic heterocycles. The second-order valence-electron chi connectivity index (χ2n) is 6.61. The molecular formula is C17H17F6N3O. The molecule has 0 bridgehead atoms. The Labute approximate surface area is 150 Å². The van der Waals surface area contributed by atoms with Gasteiger partial charge in [-0.1, -0.05) is 25.0 Å². The summed E-state index contributed by atoms with van der Waals surface area (Å²) in [5, 5.41) is 2.28. The number of aromatic nitrogens is 2. The van der Waals surface area contributed by atoms with E-state index < -0.39 is 42.6 Å². The molecule has 2 atom stereocenters. The number of amides is 1. The minimum Gasteiger partial charge on any atom is -0.351 e. The molecule has 4 nitrogen and oxygen atoms in total. The number of alkyl halides is 6. The molecule has 1 fully saturated rings. The van der Waals surface area contributed by atoms with E-state index in [2.05, 4.69) is 10.3 Å². The average Bonchev–Trinajstić information content (AvgIpc) is 2.93. The van der Waals surface area contributed by atoms with Crippen molar-refractivity contribution in [3.05, 3.63) is 30.1 Å². The van der Waals surface area contributed by atoms with Gasteiger partial charge < -0.3 is 9.88 Å². The van der Waals surface area contributed by atoms with Gasteiger partial charge in [-0.15, -0.1) is 0 Å². The van der Waals surface area contributed by atoms with Crippen molar-refractivity contribution in [1.29, 1.82) is 0 Å². The normalized spacial score (nSPS) is 21.4. The molecule has 3 rings (SSSR count). The lowest BCUT2D eigenvalue weighted by Crippen LogP contribution is -2.48. The Morgan fingerprint density at radius 3 is 2.44 bits per heavy atom. The van der Waals surface area contributed by atoms with Crippen LogP contribution in [0.15, 0.2) is 24.3 Å². The molecule has 1 aliphatic rings. The highest BCUT2D eigenvalue weighted by Crippen LogP contribution is 2.38. The van der Waals surface area contributed by atoms with Crippen molar-refractivity contribution in [2.75, 3.05) is 0 Å². The molecule has 1 N–H and O–H groups in total. The average molecular weight is 393 g/mol. The van der Waals surface area contributed by atoms with E-state index in [0.717, 1.165) is 0 Å². The summed E-state index contributed by atoms with van der Waals surface area (Å²) in [5.74, 6) is -3.84. The number of halogens is 6. The summed E-state index contributed by atoms with van der Waals surface area (Å²) in [6.45, 7) is -0.754. The summed E-state index contributed by atoms with van der Waals surface area (Å²) in [6.07, 6.45) is -8.28. The predicted octanol–water partition coefficient (Wildman–Crippen LogP) is 4.29. The Morgan fingerprint density at radius 1 is 1.11 bits per heavy atom. The summed E-state index contributed by atoms with van der Waals surface area (Å²) in [6, 6.07) is 4.63. The Bertz CT molecular complexity index is 826. The smallest absolute Gasteiger partial charge is 0.351 e. The maximum Gasteiger partial charge on any atom is 0.449 e. The van der Waals surface area contributed by atoms with Crippen LogP contribution >= 0.6 is 0 Å². The summed E-state index contributed by atoms with van der Waals surface area (Å²) in [5.41, 5.74) is 0.152. The molecule has 0 spiro atoms. The molecule has 1 heterocycles. The fourth-order valence-corrected chi connectivity index (χ4v) is 3.54. The molecule has 1 amide bonds. The Hall–Kier alpha value is -2.26. The minimum absolute atomic E-state index is 0.0588. The van der Waals surface area contributed by atoms with Crippen molar-refractivity contribution in [2.24, 2.45) is 5.92 Å². The van der Waals surface area contributed by atoms with E-state index in [9.17, 15) is 31.1 Å². The molecule has 0 radical (unpaired) electrons. The number of fused-ring (bicyclic) bond motifs is 1. The Balaban J connectivity index is 1.84. The molecule has 0 aliphatic heterocycles. The maximum absolute atomic E-state index is 13.3. The zero-order valence-corrected chi connectivity index (χ0v) is 14.1. The lowest BCUT2D eigenvalue weighted by Gasteiger charge is -2.33. The summed E-state index contributed by atoms with van der Waals surface area (Å²) >= 11 is 0. The van der Waals surface area contributed by atoms with E-state index in [1.54, 1.807) is 0 Å². The topological polar surface area (TPSA) is 46.9 Å². The van der Waals surface area contributed by atoms with Gasteiger partial charge in [0.25, 0.3) is 0 Å². The van der Waals surface area contributed by atoms with Crippen molar-refractivity contribution in [1.82, 2.24) is 14.9 Å². The van der Waals surface area contributed by atoms with E-state index in [4.69, 9.17) is 0 Å². The highest BCUT2D eigenvalue weighted by molar-refractivity contribution is 5.81. The largest absolute Gasteiger partial charge is 0.449 e. The maximum atomic E-state index is 13.3. The summed E-state index contributed by atoms with van der Waals surface area (Å²) in [7, 11) is 0. The molecule has 2 aromatic rings. The van der Waals surface area contributed by atoms with Crippen molar-refractivity contribution in [3.63, 3.8) is 0 Å². The van der Waals surface area contributed by atoms with Gasteiger partial charge in [-0.3, -0.25) is 4.79 Å². The number of para-hydroxylation sites is 2. The van der Waals surface area contributed by atoms with Crippen LogP contribution in [0, 0.1) is 5.92 Å². The van der Waals surface area contributed by atoms with Gasteiger partial charge >= 0.3 is 12.4 Å². The Kier molecular flexibility index (Phi) is 5.09. The SMILES string of the molecule is O=C(Cn1c(C(F)(F)F)nc2ccccc21)N[C@H]1CCCC[C@H]1C(F)(F)F. The van der Waals surface area contributed by atoms with Crippen molar-refractivity contribution in [3.8, 4) is 0 Å². The fourth-order valence-electron chi connectivity index (χ4n) is 3.54. The third-order valence-corrected chi connectivity index (χ3v) is 4.74. The summed E-state index contributed by atoms with van der Waals surface area (Å²) < 4.78 is 79.8. The monoisotopic (exact) mass is 393 g/mol. The van der Waals surface area contributed by atoms with Gasteiger partial charge in [0.1, 0.15) is 6.54 Å². The van der Waals surface area contributed by atoms with E-state index in [1.165, 1.54) is 24.3 Å². The van der Waals surface area contributed by atoms with Crippen LogP contribution in [0.3, 0.4) is 0 Å². The van der Waals surface area contributed by atoms with Gasteiger partial charge in [0, 0.05) is 6.04 Å². The van der Waals surface area contributed by atoms with Gasteiger partial charge in [-0.2, -0.15) is 26.3 Å². The molecule has 0 unspecified atom stereocenters. The van der Waals surface area contributed by atoms with Crippen LogP contribution in [0.2, 0.25) is 0 Å². The van der Waals surface area contributed by atoms with Crippen LogP contribution in [0.1, 0.15) is 31.5 Å². The third kappa shape index (κ3) is 4.19. The van der Waals surface area contributed by atoms with Crippen molar-refractivity contribution < 1.29 is 31.1 Å². The van der Waals surface area contributed by atoms with Crippen LogP contribution in [0.25, 0.3) is 11.0 Å². The number of hydrogen-bond donors (Lipinski definition) is 1. The van der Waals surface area contributed by atoms with Crippen LogP contribution in [0.4, 0.5) is 26.3 Å². The first-order valence-electron chi connectivity index (χ1n) is 8.46. The number of hydrogen-bond acceptors (Lipinski definition) is 2. The van der Waals surface area contributed by atoms with Crippen molar-refractivity contribution >= 4 is 16.9 Å². The zero-order chi connectivity index (χ0) is 19.8. The first kappa shape index (κ1) is 19.5. The standard InChI is InChI=1S/C17H17F6N3O/c18-16(19,20)10-5-1-2-6-11(10)24-14(27)9-26-13-8-4-3-7-12(13)25-15(26)17(21,22)23/h3-4,7-8,10-11H,1-2,5-6,9H2,(H,24,27)/t10-,11+/m1/s1. The number of carbonyl (C=O) groups is 1. The lowest BCUT2D eigenvalue weighted by atomic mass is 9.84. The fraction of sp³-hybridized carbons (Fsp3) is 0.529. The van der Waals surface area contributed by atoms with E-state index in [1.807, 2.05) is 0 Å². The number of rotatable bonds is 3. The highest BCUT2D eigenvalue weighted by atomic mass is 19.4. The molecule has 1 aliphatic carbocycles. The zero-order valence-electron chi connectivity index (χ0n) is 14.1. The number of imidazole rings is 1. The predicted molar refractivity (Wildman–Crippen MR) is 84.7 cm³/mol. The molecule has 10 heteroatoms. The van der Waals surface area contributed by atoms with Crippen molar-refractivity contribution in [2.45, 2.75) is 50.6 Å². The van der Waals surface area contributed by atoms with Crippen LogP contribution < -0.4 is 5.32 Å². The van der Waals surface area contributed by atoms with Gasteiger partial charge in [0.15, 0.2) is 0 Å². The van der Waals surface area contributed by atoms with E-state index in [-0.39, 0.29) is 23.9 Å². The second kappa shape index (κ2) is 7.05. The van der Waals surface area contributed by atoms with Crippen LogP contribution in [0.5, 0.6) is 0 Å². The first-order chi connectivity index (χ1) is 12.6. The van der Waals surface area contributed by atoms with E-state index >= 15 is 0 Å². The van der Waals surface area contributed by atoms with Gasteiger partial charge in [-0.25, -0.2) is 4.98 Å². The summed E-state index contributed by atoms with van der Waals surface area (Å²) in [4.78, 5) is 15.8. The van der Waals surface area contributed by atoms with Crippen LogP contribution in [-0.4, -0.2) is 27.7 Å². The third-order valence-electron chi connectivity index (χ3n) is 4.74. The Morgan fingerprint density at radius 2 is 1.78 bits per heavy atom. The highest BCUT2D eigenvalue weighted by Gasteiger charge is 2.46. The number of benzene rings is 1. The quantitative estimate of drug-likeness (QED) is 0.791. The molecule has 27 heavy (non-hydrogen) atoms. The minimum atomic E-state index is -4.79. The van der Waals surface area contributed by atoms with Gasteiger partial charge in [0.2, 0.25) is 11.7 Å². The van der Waals surface area contributed by atoms with E-state index in [0.29, 0.717) is 17.4 Å². The molecular weight excluding hydrogens is 376 g/mol. The van der Waals surface area contributed by atoms with Gasteiger partial charge in [0.05, 0.1) is 17.0 Å². The van der Waals surface area contributed by atoms with Gasteiger partial charge in [-0.05, 0) is 25.0 Å². The lowest BCUT2D eigenvalue weighted by molar-refractivity contribution is -0.189. The number of nitrogens with one attached hydrogen (secondary N) is 1. The molecule has 0 saturated heterocycles. The van der Waals surface area contributed by atoms with Crippen LogP contribution in [-0.2, 0) is 17.5 Å².